The second-order valence-electron chi connectivity index (χ2n) is 7.54. The largest absolute Gasteiger partial charge is 0.371 e. The van der Waals surface area contributed by atoms with Gasteiger partial charge < -0.3 is 10.1 Å². The van der Waals surface area contributed by atoms with Crippen LogP contribution >= 0.6 is 22.9 Å². The second kappa shape index (κ2) is 9.27. The number of anilines is 1. The maximum atomic E-state index is 12.5. The first-order valence-corrected chi connectivity index (χ1v) is 11.3. The molecule has 1 fully saturated rings. The van der Waals surface area contributed by atoms with Crippen molar-refractivity contribution in [3.8, 4) is 6.07 Å². The molecule has 1 aliphatic carbocycles. The Morgan fingerprint density at radius 2 is 2.10 bits per heavy atom. The molecule has 0 spiro atoms. The Bertz CT molecular complexity index is 919. The number of carbonyl (C=O) groups excluding carboxylic acids is 1. The van der Waals surface area contributed by atoms with Crippen molar-refractivity contribution in [1.29, 1.82) is 5.26 Å². The van der Waals surface area contributed by atoms with Crippen molar-refractivity contribution in [1.82, 2.24) is 4.90 Å². The van der Waals surface area contributed by atoms with Crippen molar-refractivity contribution < 1.29 is 9.53 Å². The van der Waals surface area contributed by atoms with Crippen LogP contribution in [-0.2, 0) is 22.4 Å². The lowest BCUT2D eigenvalue weighted by Crippen LogP contribution is -2.39. The van der Waals surface area contributed by atoms with Crippen molar-refractivity contribution in [2.24, 2.45) is 0 Å². The molecule has 29 heavy (non-hydrogen) atoms. The van der Waals surface area contributed by atoms with Crippen LogP contribution < -0.4 is 5.32 Å². The van der Waals surface area contributed by atoms with Crippen LogP contribution in [0.3, 0.4) is 0 Å². The lowest BCUT2D eigenvalue weighted by molar-refractivity contribution is -0.117. The highest BCUT2D eigenvalue weighted by atomic mass is 35.5. The fourth-order valence-electron chi connectivity index (χ4n) is 4.01. The second-order valence-corrected chi connectivity index (χ2v) is 9.08. The Labute approximate surface area is 180 Å². The number of nitrogens with one attached hydrogen (secondary N) is 1. The number of carbonyl (C=O) groups is 1. The molecule has 1 unspecified atom stereocenters. The predicted molar refractivity (Wildman–Crippen MR) is 116 cm³/mol. The Kier molecular flexibility index (Phi) is 6.51. The Morgan fingerprint density at radius 3 is 2.90 bits per heavy atom. The first-order chi connectivity index (χ1) is 14.1. The van der Waals surface area contributed by atoms with Gasteiger partial charge >= 0.3 is 0 Å². The minimum atomic E-state index is -0.0327. The van der Waals surface area contributed by atoms with Gasteiger partial charge in [-0.3, -0.25) is 9.69 Å². The van der Waals surface area contributed by atoms with Crippen LogP contribution in [-0.4, -0.2) is 37.0 Å². The van der Waals surface area contributed by atoms with Crippen molar-refractivity contribution in [3.63, 3.8) is 0 Å². The third-order valence-corrected chi connectivity index (χ3v) is 7.04. The number of hydrogen-bond donors (Lipinski definition) is 1. The number of nitriles is 1. The molecule has 1 aromatic heterocycles. The molecule has 1 amide bonds. The molecule has 1 aromatic carbocycles. The summed E-state index contributed by atoms with van der Waals surface area (Å²) in [6.45, 7) is 2.89. The van der Waals surface area contributed by atoms with Gasteiger partial charge in [0.05, 0.1) is 18.3 Å². The maximum absolute atomic E-state index is 12.5. The third-order valence-electron chi connectivity index (χ3n) is 5.58. The molecular weight excluding hydrogens is 406 g/mol. The van der Waals surface area contributed by atoms with Gasteiger partial charge in [-0.05, 0) is 48.9 Å². The van der Waals surface area contributed by atoms with Gasteiger partial charge in [-0.2, -0.15) is 5.26 Å². The standard InChI is InChI=1S/C22H24ClN3O2S/c23-16-7-5-15(6-8-16)19-14-26(11-12-28-19)10-9-21(27)25-22-18(13-24)17-3-1-2-4-20(17)29-22/h5-8,19H,1-4,9-12,14H2,(H,25,27). The highest BCUT2D eigenvalue weighted by molar-refractivity contribution is 7.16. The molecule has 1 N–H and O–H groups in total. The lowest BCUT2D eigenvalue weighted by Gasteiger charge is -2.33. The van der Waals surface area contributed by atoms with Gasteiger partial charge in [0.25, 0.3) is 0 Å². The van der Waals surface area contributed by atoms with Crippen LogP contribution in [0.5, 0.6) is 0 Å². The van der Waals surface area contributed by atoms with E-state index in [-0.39, 0.29) is 12.0 Å². The lowest BCUT2D eigenvalue weighted by atomic mass is 9.96. The summed E-state index contributed by atoms with van der Waals surface area (Å²) in [5.74, 6) is -0.0327. The highest BCUT2D eigenvalue weighted by Gasteiger charge is 2.24. The van der Waals surface area contributed by atoms with Crippen LogP contribution in [0.2, 0.25) is 5.02 Å². The molecule has 1 saturated heterocycles. The molecule has 0 bridgehead atoms. The van der Waals surface area contributed by atoms with E-state index in [2.05, 4.69) is 16.3 Å². The molecule has 4 rings (SSSR count). The quantitative estimate of drug-likeness (QED) is 0.756. The van der Waals surface area contributed by atoms with Crippen LogP contribution in [0.1, 0.15) is 46.9 Å². The molecule has 2 aromatic rings. The summed E-state index contributed by atoms with van der Waals surface area (Å²) in [5.41, 5.74) is 2.93. The number of aryl methyl sites for hydroxylation is 1. The molecule has 1 atom stereocenters. The summed E-state index contributed by atoms with van der Waals surface area (Å²) in [5, 5.41) is 14.0. The smallest absolute Gasteiger partial charge is 0.226 e. The van der Waals surface area contributed by atoms with E-state index in [9.17, 15) is 10.1 Å². The van der Waals surface area contributed by atoms with Gasteiger partial charge in [-0.15, -0.1) is 11.3 Å². The van der Waals surface area contributed by atoms with Crippen molar-refractivity contribution in [2.75, 3.05) is 31.6 Å². The van der Waals surface area contributed by atoms with Crippen LogP contribution in [0, 0.1) is 11.3 Å². The number of rotatable bonds is 5. The number of benzene rings is 1. The number of nitrogens with zero attached hydrogens (tertiary/aromatic N) is 2. The number of morpholine rings is 1. The first kappa shape index (κ1) is 20.4. The van der Waals surface area contributed by atoms with E-state index in [4.69, 9.17) is 16.3 Å². The molecule has 2 aliphatic rings. The normalized spacial score (nSPS) is 19.4. The number of thiophene rings is 1. The molecule has 1 aliphatic heterocycles. The number of amides is 1. The zero-order valence-corrected chi connectivity index (χ0v) is 17.8. The number of hydrogen-bond acceptors (Lipinski definition) is 5. The van der Waals surface area contributed by atoms with Crippen molar-refractivity contribution >= 4 is 33.8 Å². The summed E-state index contributed by atoms with van der Waals surface area (Å²) in [6.07, 6.45) is 4.66. The molecular formula is C22H24ClN3O2S. The minimum absolute atomic E-state index is 0.00158. The predicted octanol–water partition coefficient (Wildman–Crippen LogP) is 4.55. The monoisotopic (exact) mass is 429 g/mol. The van der Waals surface area contributed by atoms with E-state index in [1.807, 2.05) is 24.3 Å². The number of ether oxygens (including phenoxy) is 1. The minimum Gasteiger partial charge on any atom is -0.371 e. The third kappa shape index (κ3) is 4.81. The number of halogens is 1. The fraction of sp³-hybridized carbons (Fsp3) is 0.455. The number of fused-ring (bicyclic) bond motifs is 1. The van der Waals surface area contributed by atoms with Crippen LogP contribution in [0.15, 0.2) is 24.3 Å². The summed E-state index contributed by atoms with van der Waals surface area (Å²) in [6, 6.07) is 10.0. The van der Waals surface area contributed by atoms with Gasteiger partial charge in [-0.25, -0.2) is 0 Å². The highest BCUT2D eigenvalue weighted by Crippen LogP contribution is 2.37. The van der Waals surface area contributed by atoms with E-state index in [1.165, 1.54) is 4.88 Å². The van der Waals surface area contributed by atoms with E-state index >= 15 is 0 Å². The Hall–Kier alpha value is -1.91. The average Bonchev–Trinajstić information content (AvgIpc) is 3.10. The molecule has 2 heterocycles. The van der Waals surface area contributed by atoms with E-state index in [0.717, 1.165) is 54.9 Å². The summed E-state index contributed by atoms with van der Waals surface area (Å²) in [4.78, 5) is 16.1. The van der Waals surface area contributed by atoms with Gasteiger partial charge in [0.1, 0.15) is 11.1 Å². The average molecular weight is 430 g/mol. The van der Waals surface area contributed by atoms with Gasteiger partial charge in [0.15, 0.2) is 0 Å². The fourth-order valence-corrected chi connectivity index (χ4v) is 5.39. The maximum Gasteiger partial charge on any atom is 0.226 e. The summed E-state index contributed by atoms with van der Waals surface area (Å²) in [7, 11) is 0. The summed E-state index contributed by atoms with van der Waals surface area (Å²) >= 11 is 7.55. The topological polar surface area (TPSA) is 65.4 Å². The molecule has 5 nitrogen and oxygen atoms in total. The zero-order valence-electron chi connectivity index (χ0n) is 16.2. The van der Waals surface area contributed by atoms with Crippen molar-refractivity contribution in [3.05, 3.63) is 50.9 Å². The van der Waals surface area contributed by atoms with E-state index in [1.54, 1.807) is 11.3 Å². The van der Waals surface area contributed by atoms with Gasteiger partial charge in [0, 0.05) is 36.0 Å². The van der Waals surface area contributed by atoms with E-state index in [0.29, 0.717) is 30.2 Å². The Morgan fingerprint density at radius 1 is 1.31 bits per heavy atom. The SMILES string of the molecule is N#Cc1c(NC(=O)CCN2CCOC(c3ccc(Cl)cc3)C2)sc2c1CCCC2. The summed E-state index contributed by atoms with van der Waals surface area (Å²) < 4.78 is 5.89. The first-order valence-electron chi connectivity index (χ1n) is 10.1. The van der Waals surface area contributed by atoms with Gasteiger partial charge in [-0.1, -0.05) is 23.7 Å². The molecule has 0 radical (unpaired) electrons. The van der Waals surface area contributed by atoms with Gasteiger partial charge in [0.2, 0.25) is 5.91 Å². The molecule has 0 saturated carbocycles. The molecule has 7 heteroatoms. The molecule has 152 valence electrons. The van der Waals surface area contributed by atoms with E-state index < -0.39 is 0 Å². The Balaban J connectivity index is 1.32. The van der Waals surface area contributed by atoms with Crippen molar-refractivity contribution in [2.45, 2.75) is 38.2 Å². The van der Waals surface area contributed by atoms with Crippen LogP contribution in [0.4, 0.5) is 5.00 Å². The zero-order chi connectivity index (χ0) is 20.2. The van der Waals surface area contributed by atoms with Crippen LogP contribution in [0.25, 0.3) is 0 Å².